The summed E-state index contributed by atoms with van der Waals surface area (Å²) in [4.78, 5) is 25.9. The lowest BCUT2D eigenvalue weighted by Crippen LogP contribution is -2.52. The smallest absolute Gasteiger partial charge is 0.254 e. The highest BCUT2D eigenvalue weighted by Crippen LogP contribution is 2.25. The monoisotopic (exact) mass is 338 g/mol. The molecule has 0 unspecified atom stereocenters. The van der Waals surface area contributed by atoms with Crippen LogP contribution >= 0.6 is 15.9 Å². The van der Waals surface area contributed by atoms with Crippen LogP contribution in [0, 0.1) is 12.8 Å². The summed E-state index contributed by atoms with van der Waals surface area (Å²) in [6, 6.07) is 5.04. The number of amides is 2. The Labute approximate surface area is 127 Å². The Hall–Kier alpha value is -1.36. The van der Waals surface area contributed by atoms with Crippen molar-refractivity contribution in [1.29, 1.82) is 0 Å². The number of hydrogen-bond acceptors (Lipinski definition) is 2. The zero-order valence-electron chi connectivity index (χ0n) is 11.7. The van der Waals surface area contributed by atoms with E-state index in [2.05, 4.69) is 22.9 Å². The number of piperidine rings is 1. The number of carbonyl (C=O) groups excluding carboxylic acids is 2. The normalized spacial score (nSPS) is 22.6. The van der Waals surface area contributed by atoms with Gasteiger partial charge in [-0.25, -0.2) is 0 Å². The van der Waals surface area contributed by atoms with Crippen molar-refractivity contribution in [2.75, 3.05) is 6.54 Å². The molecule has 1 aromatic rings. The lowest BCUT2D eigenvalue weighted by atomic mass is 9.91. The number of halogens is 1. The molecule has 2 atom stereocenters. The molecule has 0 saturated carbocycles. The Bertz CT molecular complexity index is 545. The van der Waals surface area contributed by atoms with E-state index in [4.69, 9.17) is 5.73 Å². The fourth-order valence-electron chi connectivity index (χ4n) is 2.68. The molecule has 0 aliphatic carbocycles. The third-order valence-corrected chi connectivity index (χ3v) is 4.37. The minimum absolute atomic E-state index is 0.106. The minimum atomic E-state index is -0.491. The number of nitrogens with zero attached hydrogens (tertiary/aromatic N) is 1. The second-order valence-electron chi connectivity index (χ2n) is 5.51. The van der Waals surface area contributed by atoms with Crippen molar-refractivity contribution in [2.45, 2.75) is 32.7 Å². The Morgan fingerprint density at radius 1 is 1.40 bits per heavy atom. The lowest BCUT2D eigenvalue weighted by Gasteiger charge is -2.37. The molecule has 1 fully saturated rings. The minimum Gasteiger partial charge on any atom is -0.368 e. The first-order valence-corrected chi connectivity index (χ1v) is 7.56. The molecule has 1 aliphatic heterocycles. The highest BCUT2D eigenvalue weighted by atomic mass is 79.9. The number of primary amides is 1. The average Bonchev–Trinajstić information content (AvgIpc) is 2.37. The third-order valence-electron chi connectivity index (χ3n) is 3.87. The van der Waals surface area contributed by atoms with Crippen molar-refractivity contribution >= 4 is 27.7 Å². The maximum absolute atomic E-state index is 12.7. The van der Waals surface area contributed by atoms with Crippen molar-refractivity contribution in [3.05, 3.63) is 33.8 Å². The number of nitrogens with two attached hydrogens (primary N) is 1. The van der Waals surface area contributed by atoms with Crippen LogP contribution in [0.3, 0.4) is 0 Å². The standard InChI is InChI=1S/C15H19BrN2O2/c1-9-5-6-18(13(7-9)14(17)19)15(20)12-4-3-11(16)8-10(12)2/h3-4,8-9,13H,5-7H2,1-2H3,(H2,17,19)/t9-,13+/m0/s1. The summed E-state index contributed by atoms with van der Waals surface area (Å²) >= 11 is 3.39. The summed E-state index contributed by atoms with van der Waals surface area (Å²) in [6.07, 6.45) is 1.56. The highest BCUT2D eigenvalue weighted by Gasteiger charge is 2.34. The predicted octanol–water partition coefficient (Wildman–Crippen LogP) is 2.48. The van der Waals surface area contributed by atoms with Crippen molar-refractivity contribution in [3.8, 4) is 0 Å². The van der Waals surface area contributed by atoms with Crippen LogP contribution in [0.25, 0.3) is 0 Å². The van der Waals surface area contributed by atoms with Crippen LogP contribution in [0.1, 0.15) is 35.7 Å². The molecule has 2 amide bonds. The second-order valence-corrected chi connectivity index (χ2v) is 6.42. The van der Waals surface area contributed by atoms with E-state index in [0.717, 1.165) is 16.5 Å². The highest BCUT2D eigenvalue weighted by molar-refractivity contribution is 9.10. The van der Waals surface area contributed by atoms with Crippen LogP contribution in [-0.2, 0) is 4.79 Å². The number of rotatable bonds is 2. The molecule has 0 radical (unpaired) electrons. The van der Waals surface area contributed by atoms with E-state index in [1.165, 1.54) is 0 Å². The van der Waals surface area contributed by atoms with Crippen molar-refractivity contribution in [1.82, 2.24) is 4.90 Å². The van der Waals surface area contributed by atoms with Gasteiger partial charge in [0.15, 0.2) is 0 Å². The molecule has 1 saturated heterocycles. The maximum atomic E-state index is 12.7. The first-order chi connectivity index (χ1) is 9.40. The van der Waals surface area contributed by atoms with E-state index in [-0.39, 0.29) is 5.91 Å². The Morgan fingerprint density at radius 3 is 2.70 bits per heavy atom. The van der Waals surface area contributed by atoms with Crippen LogP contribution < -0.4 is 5.73 Å². The molecule has 0 bridgehead atoms. The average molecular weight is 339 g/mol. The molecule has 5 heteroatoms. The Kier molecular flexibility index (Phi) is 4.48. The molecule has 1 heterocycles. The molecule has 2 rings (SSSR count). The fraction of sp³-hybridized carbons (Fsp3) is 0.467. The second kappa shape index (κ2) is 5.95. The zero-order chi connectivity index (χ0) is 14.9. The molecule has 1 aliphatic rings. The molecule has 1 aromatic carbocycles. The third kappa shape index (κ3) is 3.03. The topological polar surface area (TPSA) is 63.4 Å². The summed E-state index contributed by atoms with van der Waals surface area (Å²) < 4.78 is 0.935. The van der Waals surface area contributed by atoms with Gasteiger partial charge in [0, 0.05) is 16.6 Å². The fourth-order valence-corrected chi connectivity index (χ4v) is 3.15. The molecule has 0 spiro atoms. The molecule has 2 N–H and O–H groups in total. The van der Waals surface area contributed by atoms with Crippen LogP contribution in [0.4, 0.5) is 0 Å². The summed E-state index contributed by atoms with van der Waals surface area (Å²) in [7, 11) is 0. The number of likely N-dealkylation sites (tertiary alicyclic amines) is 1. The molecule has 0 aromatic heterocycles. The van der Waals surface area contributed by atoms with E-state index < -0.39 is 11.9 Å². The zero-order valence-corrected chi connectivity index (χ0v) is 13.3. The maximum Gasteiger partial charge on any atom is 0.254 e. The van der Waals surface area contributed by atoms with Gasteiger partial charge < -0.3 is 10.6 Å². The SMILES string of the molecule is Cc1cc(Br)ccc1C(=O)N1CC[C@H](C)C[C@@H]1C(N)=O. The van der Waals surface area contributed by atoms with Gasteiger partial charge in [-0.1, -0.05) is 22.9 Å². The molecular weight excluding hydrogens is 320 g/mol. The summed E-state index contributed by atoms with van der Waals surface area (Å²) in [6.45, 7) is 4.57. The molecule has 20 heavy (non-hydrogen) atoms. The van der Waals surface area contributed by atoms with Gasteiger partial charge in [-0.2, -0.15) is 0 Å². The van der Waals surface area contributed by atoms with Crippen LogP contribution in [0.5, 0.6) is 0 Å². The largest absolute Gasteiger partial charge is 0.368 e. The summed E-state index contributed by atoms with van der Waals surface area (Å²) in [5.41, 5.74) is 6.99. The first kappa shape index (κ1) is 15.0. The Balaban J connectivity index is 2.28. The van der Waals surface area contributed by atoms with Gasteiger partial charge in [0.1, 0.15) is 6.04 Å². The van der Waals surface area contributed by atoms with E-state index in [0.29, 0.717) is 24.4 Å². The van der Waals surface area contributed by atoms with E-state index in [9.17, 15) is 9.59 Å². The lowest BCUT2D eigenvalue weighted by molar-refractivity contribution is -0.124. The van der Waals surface area contributed by atoms with Gasteiger partial charge in [0.2, 0.25) is 5.91 Å². The molecule has 108 valence electrons. The van der Waals surface area contributed by atoms with Gasteiger partial charge in [-0.15, -0.1) is 0 Å². The number of hydrogen-bond donors (Lipinski definition) is 1. The van der Waals surface area contributed by atoms with Crippen molar-refractivity contribution in [3.63, 3.8) is 0 Å². The number of carbonyl (C=O) groups is 2. The number of benzene rings is 1. The van der Waals surface area contributed by atoms with Crippen LogP contribution in [0.2, 0.25) is 0 Å². The van der Waals surface area contributed by atoms with Crippen LogP contribution in [0.15, 0.2) is 22.7 Å². The van der Waals surface area contributed by atoms with Gasteiger partial charge in [-0.05, 0) is 49.4 Å². The van der Waals surface area contributed by atoms with E-state index in [1.807, 2.05) is 19.1 Å². The molecular formula is C15H19BrN2O2. The van der Waals surface area contributed by atoms with Gasteiger partial charge >= 0.3 is 0 Å². The van der Waals surface area contributed by atoms with Gasteiger partial charge in [-0.3, -0.25) is 9.59 Å². The van der Waals surface area contributed by atoms with Crippen molar-refractivity contribution < 1.29 is 9.59 Å². The summed E-state index contributed by atoms with van der Waals surface area (Å²) in [5, 5.41) is 0. The Morgan fingerprint density at radius 2 is 2.10 bits per heavy atom. The summed E-state index contributed by atoms with van der Waals surface area (Å²) in [5.74, 6) is -0.104. The van der Waals surface area contributed by atoms with Gasteiger partial charge in [0.05, 0.1) is 0 Å². The first-order valence-electron chi connectivity index (χ1n) is 6.76. The van der Waals surface area contributed by atoms with E-state index >= 15 is 0 Å². The molecule has 4 nitrogen and oxygen atoms in total. The van der Waals surface area contributed by atoms with Crippen LogP contribution in [-0.4, -0.2) is 29.3 Å². The van der Waals surface area contributed by atoms with Gasteiger partial charge in [0.25, 0.3) is 5.91 Å². The predicted molar refractivity (Wildman–Crippen MR) is 81.3 cm³/mol. The van der Waals surface area contributed by atoms with E-state index in [1.54, 1.807) is 11.0 Å². The van der Waals surface area contributed by atoms with Crippen molar-refractivity contribution in [2.24, 2.45) is 11.7 Å². The quantitative estimate of drug-likeness (QED) is 0.900. The number of aryl methyl sites for hydroxylation is 1.